The predicted molar refractivity (Wildman–Crippen MR) is 90.0 cm³/mol. The van der Waals surface area contributed by atoms with Crippen LogP contribution < -0.4 is 5.32 Å². The van der Waals surface area contributed by atoms with E-state index in [2.05, 4.69) is 37.8 Å². The molecular formula is C17H35NS. The average molecular weight is 286 g/mol. The van der Waals surface area contributed by atoms with Gasteiger partial charge >= 0.3 is 0 Å². The second-order valence-electron chi connectivity index (χ2n) is 6.13. The molecule has 1 rings (SSSR count). The number of hydrogen-bond donors (Lipinski definition) is 1. The maximum Gasteiger partial charge on any atom is -0.00180 e. The van der Waals surface area contributed by atoms with Crippen LogP contribution in [-0.4, -0.2) is 24.6 Å². The summed E-state index contributed by atoms with van der Waals surface area (Å²) in [5, 5.41) is 3.59. The molecule has 0 saturated heterocycles. The molecule has 0 spiro atoms. The molecule has 0 aromatic rings. The molecule has 3 atom stereocenters. The highest BCUT2D eigenvalue weighted by Gasteiger charge is 2.29. The third-order valence-corrected chi connectivity index (χ3v) is 5.66. The lowest BCUT2D eigenvalue weighted by atomic mass is 9.71. The van der Waals surface area contributed by atoms with E-state index in [-0.39, 0.29) is 0 Å². The minimum Gasteiger partial charge on any atom is -0.317 e. The fraction of sp³-hybridized carbons (Fsp3) is 1.00. The first-order valence-corrected chi connectivity index (χ1v) is 9.75. The third kappa shape index (κ3) is 7.04. The van der Waals surface area contributed by atoms with Gasteiger partial charge in [-0.3, -0.25) is 0 Å². The van der Waals surface area contributed by atoms with E-state index in [0.29, 0.717) is 0 Å². The minimum atomic E-state index is 0.958. The van der Waals surface area contributed by atoms with Crippen LogP contribution in [0.15, 0.2) is 0 Å². The normalized spacial score (nSPS) is 27.6. The molecule has 1 aliphatic rings. The van der Waals surface area contributed by atoms with Gasteiger partial charge in [-0.05, 0) is 68.0 Å². The summed E-state index contributed by atoms with van der Waals surface area (Å²) < 4.78 is 0. The smallest absolute Gasteiger partial charge is 0.00180 e. The van der Waals surface area contributed by atoms with E-state index < -0.39 is 0 Å². The first-order chi connectivity index (χ1) is 9.31. The molecule has 0 heterocycles. The van der Waals surface area contributed by atoms with Crippen LogP contribution in [0, 0.1) is 17.8 Å². The highest BCUT2D eigenvalue weighted by molar-refractivity contribution is 7.99. The molecule has 3 unspecified atom stereocenters. The van der Waals surface area contributed by atoms with Gasteiger partial charge in [0.05, 0.1) is 0 Å². The molecular weight excluding hydrogens is 250 g/mol. The lowest BCUT2D eigenvalue weighted by molar-refractivity contribution is 0.159. The second kappa shape index (κ2) is 11.0. The Kier molecular flexibility index (Phi) is 10.1. The summed E-state index contributed by atoms with van der Waals surface area (Å²) in [6, 6.07) is 0. The summed E-state index contributed by atoms with van der Waals surface area (Å²) in [4.78, 5) is 0. The van der Waals surface area contributed by atoms with Gasteiger partial charge in [0, 0.05) is 0 Å². The topological polar surface area (TPSA) is 12.0 Å². The Balaban J connectivity index is 2.35. The van der Waals surface area contributed by atoms with Crippen LogP contribution in [0.3, 0.4) is 0 Å². The van der Waals surface area contributed by atoms with Crippen molar-refractivity contribution in [1.29, 1.82) is 0 Å². The molecule has 0 amide bonds. The molecule has 0 aromatic carbocycles. The molecule has 1 nitrogen and oxygen atoms in total. The number of thioether (sulfide) groups is 1. The van der Waals surface area contributed by atoms with Gasteiger partial charge in [0.25, 0.3) is 0 Å². The van der Waals surface area contributed by atoms with E-state index in [1.807, 2.05) is 0 Å². The van der Waals surface area contributed by atoms with Crippen LogP contribution in [0.25, 0.3) is 0 Å². The Morgan fingerprint density at radius 1 is 1.05 bits per heavy atom. The molecule has 2 heteroatoms. The molecule has 0 aliphatic heterocycles. The number of rotatable bonds is 10. The van der Waals surface area contributed by atoms with Crippen molar-refractivity contribution in [3.63, 3.8) is 0 Å². The van der Waals surface area contributed by atoms with Crippen LogP contribution >= 0.6 is 11.8 Å². The lowest BCUT2D eigenvalue weighted by Crippen LogP contribution is -2.33. The van der Waals surface area contributed by atoms with Crippen molar-refractivity contribution < 1.29 is 0 Å². The SMILES string of the molecule is CCCC1CCC(CNCC)C(CCCSCC)C1. The van der Waals surface area contributed by atoms with Crippen LogP contribution in [-0.2, 0) is 0 Å². The van der Waals surface area contributed by atoms with Crippen LogP contribution in [0.5, 0.6) is 0 Å². The Hall–Kier alpha value is 0.310. The Bertz CT molecular complexity index is 207. The summed E-state index contributed by atoms with van der Waals surface area (Å²) in [5.41, 5.74) is 0. The van der Waals surface area contributed by atoms with E-state index in [1.165, 1.54) is 63.0 Å². The second-order valence-corrected chi connectivity index (χ2v) is 7.53. The quantitative estimate of drug-likeness (QED) is 0.569. The van der Waals surface area contributed by atoms with Crippen molar-refractivity contribution >= 4 is 11.8 Å². The highest BCUT2D eigenvalue weighted by Crippen LogP contribution is 2.38. The van der Waals surface area contributed by atoms with Gasteiger partial charge in [-0.1, -0.05) is 40.0 Å². The standard InChI is InChI=1S/C17H35NS/c1-4-8-15-10-11-17(14-18-5-2)16(13-15)9-7-12-19-6-3/h15-18H,4-14H2,1-3H3. The van der Waals surface area contributed by atoms with Crippen LogP contribution in [0.4, 0.5) is 0 Å². The first-order valence-electron chi connectivity index (χ1n) is 8.60. The zero-order valence-electron chi connectivity index (χ0n) is 13.4. The van der Waals surface area contributed by atoms with E-state index >= 15 is 0 Å². The first kappa shape index (κ1) is 17.4. The van der Waals surface area contributed by atoms with Gasteiger partial charge in [-0.2, -0.15) is 11.8 Å². The molecule has 114 valence electrons. The van der Waals surface area contributed by atoms with Crippen molar-refractivity contribution in [2.75, 3.05) is 24.6 Å². The zero-order valence-corrected chi connectivity index (χ0v) is 14.2. The van der Waals surface area contributed by atoms with Crippen molar-refractivity contribution in [2.45, 2.75) is 65.7 Å². The number of hydrogen-bond acceptors (Lipinski definition) is 2. The summed E-state index contributed by atoms with van der Waals surface area (Å²) in [6.07, 6.45) is 10.2. The van der Waals surface area contributed by atoms with Gasteiger partial charge in [-0.25, -0.2) is 0 Å². The van der Waals surface area contributed by atoms with Crippen molar-refractivity contribution in [3.8, 4) is 0 Å². The van der Waals surface area contributed by atoms with Gasteiger partial charge in [-0.15, -0.1) is 0 Å². The molecule has 0 aromatic heterocycles. The number of nitrogens with one attached hydrogen (secondary N) is 1. The molecule has 19 heavy (non-hydrogen) atoms. The molecule has 1 aliphatic carbocycles. The summed E-state index contributed by atoms with van der Waals surface area (Å²) in [6.45, 7) is 9.25. The van der Waals surface area contributed by atoms with E-state index in [1.54, 1.807) is 0 Å². The fourth-order valence-corrected chi connectivity index (χ4v) is 4.30. The highest BCUT2D eigenvalue weighted by atomic mass is 32.2. The summed E-state index contributed by atoms with van der Waals surface area (Å²) in [7, 11) is 0. The predicted octanol–water partition coefficient (Wildman–Crippen LogP) is 4.96. The molecule has 1 fully saturated rings. The largest absolute Gasteiger partial charge is 0.317 e. The molecule has 0 bridgehead atoms. The molecule has 0 radical (unpaired) electrons. The van der Waals surface area contributed by atoms with Gasteiger partial charge < -0.3 is 5.32 Å². The summed E-state index contributed by atoms with van der Waals surface area (Å²) in [5.74, 6) is 5.65. The van der Waals surface area contributed by atoms with Gasteiger partial charge in [0.15, 0.2) is 0 Å². The maximum absolute atomic E-state index is 3.59. The van der Waals surface area contributed by atoms with Crippen molar-refractivity contribution in [2.24, 2.45) is 17.8 Å². The average Bonchev–Trinajstić information content (AvgIpc) is 2.43. The van der Waals surface area contributed by atoms with Crippen LogP contribution in [0.2, 0.25) is 0 Å². The van der Waals surface area contributed by atoms with E-state index in [4.69, 9.17) is 0 Å². The van der Waals surface area contributed by atoms with E-state index in [9.17, 15) is 0 Å². The molecule has 1 saturated carbocycles. The Morgan fingerprint density at radius 2 is 1.89 bits per heavy atom. The lowest BCUT2D eigenvalue weighted by Gasteiger charge is -2.36. The van der Waals surface area contributed by atoms with E-state index in [0.717, 1.165) is 24.3 Å². The molecule has 1 N–H and O–H groups in total. The monoisotopic (exact) mass is 285 g/mol. The third-order valence-electron chi connectivity index (χ3n) is 4.67. The van der Waals surface area contributed by atoms with Gasteiger partial charge in [0.1, 0.15) is 0 Å². The van der Waals surface area contributed by atoms with Gasteiger partial charge in [0.2, 0.25) is 0 Å². The van der Waals surface area contributed by atoms with Crippen molar-refractivity contribution in [3.05, 3.63) is 0 Å². The zero-order chi connectivity index (χ0) is 13.9. The van der Waals surface area contributed by atoms with Crippen molar-refractivity contribution in [1.82, 2.24) is 5.32 Å². The fourth-order valence-electron chi connectivity index (χ4n) is 3.64. The Morgan fingerprint density at radius 3 is 2.58 bits per heavy atom. The summed E-state index contributed by atoms with van der Waals surface area (Å²) >= 11 is 2.11. The Labute approximate surface area is 125 Å². The maximum atomic E-state index is 3.59. The minimum absolute atomic E-state index is 0.958. The van der Waals surface area contributed by atoms with Crippen LogP contribution in [0.1, 0.15) is 65.7 Å².